The number of alkyl halides is 1. The number of fused-ring (bicyclic) bond motifs is 1. The largest absolute Gasteiger partial charge is 0.383 e. The topological polar surface area (TPSA) is 75.9 Å². The highest BCUT2D eigenvalue weighted by molar-refractivity contribution is 14.1. The number of hydrazine groups is 1. The lowest BCUT2D eigenvalue weighted by atomic mass is 10.3. The van der Waals surface area contributed by atoms with Crippen molar-refractivity contribution in [3.8, 4) is 0 Å². The summed E-state index contributed by atoms with van der Waals surface area (Å²) < 4.78 is 0.156. The first-order chi connectivity index (χ1) is 5.29. The van der Waals surface area contributed by atoms with Crippen LogP contribution in [0.25, 0.3) is 0 Å². The molecule has 1 aromatic heterocycles. The Hall–Kier alpha value is -0.630. The van der Waals surface area contributed by atoms with E-state index in [4.69, 9.17) is 5.73 Å². The van der Waals surface area contributed by atoms with Crippen LogP contribution in [-0.4, -0.2) is 9.97 Å². The zero-order valence-corrected chi connectivity index (χ0v) is 7.66. The van der Waals surface area contributed by atoms with Gasteiger partial charge in [0.2, 0.25) is 0 Å². The van der Waals surface area contributed by atoms with E-state index < -0.39 is 0 Å². The number of nitrogen functional groups attached to an aromatic ring is 1. The molecular formula is C5H6IN5. The first-order valence-electron chi connectivity index (χ1n) is 3.05. The van der Waals surface area contributed by atoms with Gasteiger partial charge >= 0.3 is 0 Å². The number of hydrogen-bond donors (Lipinski definition) is 3. The van der Waals surface area contributed by atoms with Gasteiger partial charge in [-0.25, -0.2) is 15.4 Å². The van der Waals surface area contributed by atoms with Gasteiger partial charge in [-0.15, -0.1) is 0 Å². The summed E-state index contributed by atoms with van der Waals surface area (Å²) in [5.74, 6) is 1.31. The lowest BCUT2D eigenvalue weighted by Gasteiger charge is -2.00. The minimum atomic E-state index is 0.156. The van der Waals surface area contributed by atoms with Crippen molar-refractivity contribution in [2.24, 2.45) is 0 Å². The van der Waals surface area contributed by atoms with Gasteiger partial charge in [0.15, 0.2) is 5.82 Å². The summed E-state index contributed by atoms with van der Waals surface area (Å²) in [4.78, 5) is 7.88. The summed E-state index contributed by atoms with van der Waals surface area (Å²) in [5, 5.41) is 0. The Morgan fingerprint density at radius 3 is 3.09 bits per heavy atom. The predicted octanol–water partition coefficient (Wildman–Crippen LogP) is 0.422. The molecule has 0 radical (unpaired) electrons. The molecule has 5 nitrogen and oxygen atoms in total. The second-order valence-electron chi connectivity index (χ2n) is 2.15. The van der Waals surface area contributed by atoms with Crippen molar-refractivity contribution in [3.05, 3.63) is 11.9 Å². The number of nitrogens with two attached hydrogens (primary N) is 1. The standard InChI is InChI=1S/C5H6IN5/c6-3-2-4(7)8-1-9-5(2)11-10-3/h1,3,10H,(H3,7,8,9,11). The first kappa shape index (κ1) is 7.04. The third-order valence-electron chi connectivity index (χ3n) is 1.49. The number of nitrogens with one attached hydrogen (secondary N) is 2. The van der Waals surface area contributed by atoms with Gasteiger partial charge in [-0.2, -0.15) is 0 Å². The molecule has 1 aromatic rings. The van der Waals surface area contributed by atoms with Crippen molar-refractivity contribution in [1.82, 2.24) is 15.4 Å². The van der Waals surface area contributed by atoms with E-state index in [1.165, 1.54) is 6.33 Å². The first-order valence-corrected chi connectivity index (χ1v) is 4.29. The Balaban J connectivity index is 2.58. The highest BCUT2D eigenvalue weighted by Gasteiger charge is 2.22. The fraction of sp³-hybridized carbons (Fsp3) is 0.200. The second-order valence-corrected chi connectivity index (χ2v) is 3.40. The number of aromatic nitrogens is 2. The molecular weight excluding hydrogens is 257 g/mol. The lowest BCUT2D eigenvalue weighted by molar-refractivity contribution is 0.865. The number of rotatable bonds is 0. The Morgan fingerprint density at radius 1 is 1.55 bits per heavy atom. The summed E-state index contributed by atoms with van der Waals surface area (Å²) >= 11 is 2.22. The summed E-state index contributed by atoms with van der Waals surface area (Å²) in [5.41, 5.74) is 12.4. The van der Waals surface area contributed by atoms with Crippen LogP contribution in [0.4, 0.5) is 11.6 Å². The maximum atomic E-state index is 5.63. The van der Waals surface area contributed by atoms with Gasteiger partial charge in [0, 0.05) is 0 Å². The van der Waals surface area contributed by atoms with E-state index in [9.17, 15) is 0 Å². The van der Waals surface area contributed by atoms with Crippen molar-refractivity contribution >= 4 is 34.2 Å². The molecule has 0 aromatic carbocycles. The molecule has 6 heteroatoms. The van der Waals surface area contributed by atoms with E-state index in [1.54, 1.807) is 0 Å². The zero-order valence-electron chi connectivity index (χ0n) is 5.50. The van der Waals surface area contributed by atoms with Crippen molar-refractivity contribution in [3.63, 3.8) is 0 Å². The SMILES string of the molecule is Nc1ncnc2c1C(I)NN2. The van der Waals surface area contributed by atoms with E-state index in [1.807, 2.05) is 0 Å². The maximum Gasteiger partial charge on any atom is 0.151 e. The van der Waals surface area contributed by atoms with Gasteiger partial charge in [-0.3, -0.25) is 0 Å². The van der Waals surface area contributed by atoms with Crippen LogP contribution in [0.2, 0.25) is 0 Å². The highest BCUT2D eigenvalue weighted by atomic mass is 127. The van der Waals surface area contributed by atoms with Gasteiger partial charge in [0.05, 0.1) is 5.56 Å². The molecule has 0 bridgehead atoms. The number of anilines is 2. The fourth-order valence-corrected chi connectivity index (χ4v) is 1.73. The van der Waals surface area contributed by atoms with Crippen LogP contribution in [0.1, 0.15) is 9.61 Å². The van der Waals surface area contributed by atoms with Gasteiger partial charge in [-0.1, -0.05) is 22.6 Å². The van der Waals surface area contributed by atoms with E-state index in [2.05, 4.69) is 43.4 Å². The molecule has 0 spiro atoms. The van der Waals surface area contributed by atoms with Gasteiger partial charge in [0.25, 0.3) is 0 Å². The lowest BCUT2D eigenvalue weighted by Crippen LogP contribution is -2.14. The zero-order chi connectivity index (χ0) is 7.84. The van der Waals surface area contributed by atoms with Crippen LogP contribution in [0.5, 0.6) is 0 Å². The summed E-state index contributed by atoms with van der Waals surface area (Å²) in [7, 11) is 0. The van der Waals surface area contributed by atoms with Crippen molar-refractivity contribution < 1.29 is 0 Å². The molecule has 1 aliphatic rings. The second kappa shape index (κ2) is 2.45. The van der Waals surface area contributed by atoms with Crippen molar-refractivity contribution in [2.75, 3.05) is 11.2 Å². The van der Waals surface area contributed by atoms with Crippen molar-refractivity contribution in [2.45, 2.75) is 4.05 Å². The highest BCUT2D eigenvalue weighted by Crippen LogP contribution is 2.33. The molecule has 4 N–H and O–H groups in total. The maximum absolute atomic E-state index is 5.63. The Kier molecular flexibility index (Phi) is 1.57. The Morgan fingerprint density at radius 2 is 2.36 bits per heavy atom. The molecule has 58 valence electrons. The molecule has 0 fully saturated rings. The van der Waals surface area contributed by atoms with E-state index in [-0.39, 0.29) is 4.05 Å². The molecule has 0 saturated carbocycles. The fourth-order valence-electron chi connectivity index (χ4n) is 0.963. The average molecular weight is 263 g/mol. The molecule has 1 aliphatic heterocycles. The average Bonchev–Trinajstić information content (AvgIpc) is 2.34. The van der Waals surface area contributed by atoms with Crippen LogP contribution < -0.4 is 16.6 Å². The van der Waals surface area contributed by atoms with Gasteiger partial charge < -0.3 is 11.2 Å². The molecule has 0 saturated heterocycles. The molecule has 2 rings (SSSR count). The molecule has 1 atom stereocenters. The summed E-state index contributed by atoms with van der Waals surface area (Å²) in [6, 6.07) is 0. The molecule has 11 heavy (non-hydrogen) atoms. The molecule has 2 heterocycles. The molecule has 1 unspecified atom stereocenters. The van der Waals surface area contributed by atoms with Gasteiger partial charge in [-0.05, 0) is 0 Å². The van der Waals surface area contributed by atoms with Gasteiger partial charge in [0.1, 0.15) is 16.2 Å². The van der Waals surface area contributed by atoms with Crippen LogP contribution in [-0.2, 0) is 0 Å². The normalized spacial score (nSPS) is 21.0. The van der Waals surface area contributed by atoms with E-state index >= 15 is 0 Å². The van der Waals surface area contributed by atoms with Crippen LogP contribution in [0.15, 0.2) is 6.33 Å². The Labute approximate surface area is 76.9 Å². The van der Waals surface area contributed by atoms with Crippen molar-refractivity contribution in [1.29, 1.82) is 0 Å². The van der Waals surface area contributed by atoms with Crippen LogP contribution >= 0.6 is 22.6 Å². The monoisotopic (exact) mass is 263 g/mol. The Bertz CT molecular complexity index is 288. The molecule has 0 amide bonds. The third kappa shape index (κ3) is 1.02. The number of halogens is 1. The predicted molar refractivity (Wildman–Crippen MR) is 50.0 cm³/mol. The summed E-state index contributed by atoms with van der Waals surface area (Å²) in [6.07, 6.45) is 1.44. The molecule has 0 aliphatic carbocycles. The smallest absolute Gasteiger partial charge is 0.151 e. The van der Waals surface area contributed by atoms with Crippen LogP contribution in [0, 0.1) is 0 Å². The quantitative estimate of drug-likeness (QED) is 0.359. The van der Waals surface area contributed by atoms with E-state index in [0.29, 0.717) is 5.82 Å². The minimum Gasteiger partial charge on any atom is -0.383 e. The number of hydrogen-bond acceptors (Lipinski definition) is 5. The van der Waals surface area contributed by atoms with Crippen LogP contribution in [0.3, 0.4) is 0 Å². The third-order valence-corrected chi connectivity index (χ3v) is 2.42. The van der Waals surface area contributed by atoms with E-state index in [0.717, 1.165) is 11.4 Å². The number of nitrogens with zero attached hydrogens (tertiary/aromatic N) is 2. The summed E-state index contributed by atoms with van der Waals surface area (Å²) in [6.45, 7) is 0. The minimum absolute atomic E-state index is 0.156.